The quantitative estimate of drug-likeness (QED) is 0.0890. The van der Waals surface area contributed by atoms with Crippen LogP contribution in [-0.4, -0.2) is 22.7 Å². The van der Waals surface area contributed by atoms with Crippen molar-refractivity contribution in [3.05, 3.63) is 185 Å². The van der Waals surface area contributed by atoms with Gasteiger partial charge in [-0.2, -0.15) is 0 Å². The zero-order valence-corrected chi connectivity index (χ0v) is 30.4. The van der Waals surface area contributed by atoms with Gasteiger partial charge < -0.3 is 20.4 Å². The molecule has 0 bridgehead atoms. The van der Waals surface area contributed by atoms with Crippen molar-refractivity contribution in [1.82, 2.24) is 10.3 Å². The number of amides is 3. The lowest BCUT2D eigenvalue weighted by molar-refractivity contribution is -0.116. The Labute approximate surface area is 318 Å². The van der Waals surface area contributed by atoms with Gasteiger partial charge in [-0.15, -0.1) is 11.8 Å². The van der Waals surface area contributed by atoms with Gasteiger partial charge in [0.15, 0.2) is 5.58 Å². The van der Waals surface area contributed by atoms with E-state index >= 15 is 0 Å². The van der Waals surface area contributed by atoms with Crippen LogP contribution in [0.1, 0.15) is 26.7 Å². The third kappa shape index (κ3) is 8.99. The first-order chi connectivity index (χ1) is 25.9. The molecule has 0 aliphatic carbocycles. The molecule has 6 aromatic carbocycles. The molecule has 1 aromatic heterocycles. The first-order valence-corrected chi connectivity index (χ1v) is 18.3. The highest BCUT2D eigenvalue weighted by Crippen LogP contribution is 2.37. The van der Waals surface area contributed by atoms with Gasteiger partial charge in [0.25, 0.3) is 11.8 Å². The number of thioether (sulfide) groups is 1. The molecule has 260 valence electrons. The lowest BCUT2D eigenvalue weighted by Crippen LogP contribution is -2.30. The number of fused-ring (bicyclic) bond motifs is 1. The van der Waals surface area contributed by atoms with E-state index in [2.05, 4.69) is 36.9 Å². The Bertz CT molecular complexity index is 2380. The van der Waals surface area contributed by atoms with E-state index in [1.165, 1.54) is 11.8 Å². The number of aromatic nitrogens is 1. The summed E-state index contributed by atoms with van der Waals surface area (Å²) in [7, 11) is 0. The molecule has 0 radical (unpaired) electrons. The summed E-state index contributed by atoms with van der Waals surface area (Å²) in [6.45, 7) is 0. The Morgan fingerprint density at radius 1 is 0.698 bits per heavy atom. The van der Waals surface area contributed by atoms with Gasteiger partial charge in [0, 0.05) is 31.9 Å². The smallest absolute Gasteiger partial charge is 0.272 e. The number of oxazole rings is 1. The first kappa shape index (κ1) is 35.2. The van der Waals surface area contributed by atoms with E-state index in [0.717, 1.165) is 31.6 Å². The van der Waals surface area contributed by atoms with Crippen LogP contribution in [0.15, 0.2) is 177 Å². The number of nitrogens with zero attached hydrogens (tertiary/aromatic N) is 1. The molecule has 0 aliphatic rings. The van der Waals surface area contributed by atoms with Crippen molar-refractivity contribution in [3.8, 4) is 11.5 Å². The maximum atomic E-state index is 13.9. The predicted octanol–water partition coefficient (Wildman–Crippen LogP) is 10.1. The lowest BCUT2D eigenvalue weighted by atomic mass is 10.1. The molecular formula is C43H31BrN4O4S. The van der Waals surface area contributed by atoms with Crippen LogP contribution in [0, 0.1) is 0 Å². The van der Waals surface area contributed by atoms with E-state index in [1.54, 1.807) is 42.5 Å². The Morgan fingerprint density at radius 3 is 2.13 bits per heavy atom. The summed E-state index contributed by atoms with van der Waals surface area (Å²) in [4.78, 5) is 46.0. The largest absolute Gasteiger partial charge is 0.436 e. The van der Waals surface area contributed by atoms with Crippen molar-refractivity contribution in [3.63, 3.8) is 0 Å². The van der Waals surface area contributed by atoms with Crippen LogP contribution in [0.2, 0.25) is 0 Å². The summed E-state index contributed by atoms with van der Waals surface area (Å²) in [6, 6.07) is 47.8. The highest BCUT2D eigenvalue weighted by molar-refractivity contribution is 9.10. The van der Waals surface area contributed by atoms with E-state index in [9.17, 15) is 14.4 Å². The van der Waals surface area contributed by atoms with E-state index in [0.29, 0.717) is 28.4 Å². The lowest BCUT2D eigenvalue weighted by Gasteiger charge is -2.18. The van der Waals surface area contributed by atoms with E-state index in [1.807, 2.05) is 121 Å². The van der Waals surface area contributed by atoms with Gasteiger partial charge in [-0.25, -0.2) is 4.98 Å². The second-order valence-corrected chi connectivity index (χ2v) is 14.0. The second kappa shape index (κ2) is 16.4. The summed E-state index contributed by atoms with van der Waals surface area (Å²) in [6.07, 6.45) is 1.62. The molecule has 0 spiro atoms. The number of para-hydroxylation sites is 2. The normalized spacial score (nSPS) is 11.8. The fourth-order valence-corrected chi connectivity index (χ4v) is 6.80. The van der Waals surface area contributed by atoms with Crippen LogP contribution in [0.4, 0.5) is 11.4 Å². The monoisotopic (exact) mass is 778 g/mol. The van der Waals surface area contributed by atoms with Crippen LogP contribution >= 0.6 is 27.7 Å². The number of carbonyl (C=O) groups excluding carboxylic acids is 3. The Kier molecular flexibility index (Phi) is 10.9. The number of hydrogen-bond acceptors (Lipinski definition) is 6. The van der Waals surface area contributed by atoms with Crippen molar-refractivity contribution < 1.29 is 18.8 Å². The van der Waals surface area contributed by atoms with Gasteiger partial charge in [-0.05, 0) is 96.1 Å². The minimum atomic E-state index is -0.614. The summed E-state index contributed by atoms with van der Waals surface area (Å²) >= 11 is 4.79. The standard InChI is InChI=1S/C43H31BrN4O4S/c44-32-22-18-28(19-23-32)26-37(47-40(49)30-12-5-2-6-13-30)41(50)46-34-14-9-15-35(27-34)53-39(29-10-3-1-4-11-29)42(51)45-33-24-20-31(21-25-33)43-48-36-16-7-8-17-38(36)52-43/h1-27,39H,(H,45,51)(H,46,50)(H,47,49)/b37-26-. The van der Waals surface area contributed by atoms with E-state index in [4.69, 9.17) is 4.42 Å². The number of rotatable bonds is 11. The van der Waals surface area contributed by atoms with Gasteiger partial charge in [-0.1, -0.05) is 94.8 Å². The van der Waals surface area contributed by atoms with Crippen molar-refractivity contribution in [2.75, 3.05) is 10.6 Å². The molecule has 0 aliphatic heterocycles. The number of hydrogen-bond donors (Lipinski definition) is 3. The number of benzene rings is 6. The van der Waals surface area contributed by atoms with Crippen molar-refractivity contribution >= 4 is 74.0 Å². The molecule has 3 N–H and O–H groups in total. The third-order valence-electron chi connectivity index (χ3n) is 8.09. The maximum Gasteiger partial charge on any atom is 0.272 e. The van der Waals surface area contributed by atoms with Gasteiger partial charge in [0.2, 0.25) is 11.8 Å². The van der Waals surface area contributed by atoms with Gasteiger partial charge >= 0.3 is 0 Å². The molecule has 53 heavy (non-hydrogen) atoms. The minimum Gasteiger partial charge on any atom is -0.436 e. The Hall–Kier alpha value is -6.23. The van der Waals surface area contributed by atoms with Crippen molar-refractivity contribution in [2.45, 2.75) is 10.1 Å². The minimum absolute atomic E-state index is 0.0721. The average molecular weight is 780 g/mol. The first-order valence-electron chi connectivity index (χ1n) is 16.6. The zero-order chi connectivity index (χ0) is 36.6. The van der Waals surface area contributed by atoms with Gasteiger partial charge in [-0.3, -0.25) is 14.4 Å². The molecular weight excluding hydrogens is 748 g/mol. The molecule has 7 aromatic rings. The topological polar surface area (TPSA) is 113 Å². The Balaban J connectivity index is 1.08. The fourth-order valence-electron chi connectivity index (χ4n) is 5.45. The van der Waals surface area contributed by atoms with Crippen molar-refractivity contribution in [2.24, 2.45) is 0 Å². The molecule has 0 saturated carbocycles. The second-order valence-electron chi connectivity index (χ2n) is 11.9. The van der Waals surface area contributed by atoms with Crippen LogP contribution < -0.4 is 16.0 Å². The van der Waals surface area contributed by atoms with Crippen LogP contribution in [0.3, 0.4) is 0 Å². The summed E-state index contributed by atoms with van der Waals surface area (Å²) in [5.41, 5.74) is 5.44. The molecule has 1 heterocycles. The van der Waals surface area contributed by atoms with Crippen molar-refractivity contribution in [1.29, 1.82) is 0 Å². The van der Waals surface area contributed by atoms with Gasteiger partial charge in [0.05, 0.1) is 0 Å². The highest BCUT2D eigenvalue weighted by atomic mass is 79.9. The van der Waals surface area contributed by atoms with Gasteiger partial charge in [0.1, 0.15) is 16.5 Å². The number of carbonyl (C=O) groups is 3. The highest BCUT2D eigenvalue weighted by Gasteiger charge is 2.23. The zero-order valence-electron chi connectivity index (χ0n) is 28.0. The molecule has 7 rings (SSSR count). The number of anilines is 2. The fraction of sp³-hybridized carbons (Fsp3) is 0.0233. The van der Waals surface area contributed by atoms with Crippen LogP contribution in [-0.2, 0) is 9.59 Å². The average Bonchev–Trinajstić information content (AvgIpc) is 3.63. The summed E-state index contributed by atoms with van der Waals surface area (Å²) in [5.74, 6) is -0.624. The Morgan fingerprint density at radius 2 is 1.40 bits per heavy atom. The summed E-state index contributed by atoms with van der Waals surface area (Å²) in [5, 5.41) is 8.14. The van der Waals surface area contributed by atoms with E-state index < -0.39 is 17.1 Å². The molecule has 0 saturated heterocycles. The summed E-state index contributed by atoms with van der Waals surface area (Å²) < 4.78 is 6.79. The van der Waals surface area contributed by atoms with Crippen LogP contribution in [0.5, 0.6) is 0 Å². The molecule has 3 amide bonds. The molecule has 8 nitrogen and oxygen atoms in total. The SMILES string of the molecule is O=C(Nc1cccc(SC(C(=O)Nc2ccc(-c3nc4ccccc4o3)cc2)c2ccccc2)c1)/C(=C/c1ccc(Br)cc1)NC(=O)c1ccccc1. The number of halogens is 1. The third-order valence-corrected chi connectivity index (χ3v) is 9.87. The predicted molar refractivity (Wildman–Crippen MR) is 214 cm³/mol. The maximum absolute atomic E-state index is 13.9. The molecule has 1 atom stereocenters. The van der Waals surface area contributed by atoms with Crippen LogP contribution in [0.25, 0.3) is 28.6 Å². The van der Waals surface area contributed by atoms with E-state index in [-0.39, 0.29) is 11.6 Å². The molecule has 0 fully saturated rings. The molecule has 1 unspecified atom stereocenters. The molecule has 10 heteroatoms. The number of nitrogens with one attached hydrogen (secondary N) is 3.